The maximum absolute atomic E-state index is 4.64. The summed E-state index contributed by atoms with van der Waals surface area (Å²) in [6.07, 6.45) is 5.23. The van der Waals surface area contributed by atoms with Gasteiger partial charge in [0.25, 0.3) is 0 Å². The fourth-order valence-electron chi connectivity index (χ4n) is 1.01. The Kier molecular flexibility index (Phi) is 14.8. The van der Waals surface area contributed by atoms with E-state index in [0.29, 0.717) is 0 Å². The van der Waals surface area contributed by atoms with Gasteiger partial charge in [0.15, 0.2) is 0 Å². The van der Waals surface area contributed by atoms with Crippen molar-refractivity contribution in [2.24, 2.45) is 0 Å². The van der Waals surface area contributed by atoms with Gasteiger partial charge in [-0.15, -0.1) is 23.2 Å². The van der Waals surface area contributed by atoms with Crippen molar-refractivity contribution in [3.05, 3.63) is 35.4 Å². The summed E-state index contributed by atoms with van der Waals surface area (Å²) in [5.74, 6) is 0. The predicted octanol–water partition coefficient (Wildman–Crippen LogP) is 4.52. The van der Waals surface area contributed by atoms with Crippen LogP contribution in [0.1, 0.15) is 25.0 Å². The number of hydrogen-bond acceptors (Lipinski definition) is 0. The standard InChI is InChI=1S/C10H14.2CH3Cl/c1-3-9-5-7-10(4-2)8-6-9;2*1-2/h5-8H,3-4H2,1-2H3;2*1H3. The molecule has 82 valence electrons. The van der Waals surface area contributed by atoms with Crippen LogP contribution >= 0.6 is 23.2 Å². The summed E-state index contributed by atoms with van der Waals surface area (Å²) in [7, 11) is 0. The summed E-state index contributed by atoms with van der Waals surface area (Å²) >= 11 is 9.28. The van der Waals surface area contributed by atoms with Gasteiger partial charge in [-0.3, -0.25) is 0 Å². The van der Waals surface area contributed by atoms with E-state index in [0.717, 1.165) is 12.8 Å². The molecule has 0 N–H and O–H groups in total. The van der Waals surface area contributed by atoms with Crippen LogP contribution in [0.2, 0.25) is 0 Å². The first-order valence-corrected chi connectivity index (χ1v) is 6.21. The second-order valence-electron chi connectivity index (χ2n) is 2.52. The molecule has 0 nitrogen and oxygen atoms in total. The van der Waals surface area contributed by atoms with Gasteiger partial charge in [-0.05, 0) is 24.0 Å². The van der Waals surface area contributed by atoms with Gasteiger partial charge < -0.3 is 0 Å². The number of halogens is 2. The molecule has 0 fully saturated rings. The number of alkyl halides is 2. The smallest absolute Gasteiger partial charge is 0.0108 e. The van der Waals surface area contributed by atoms with Crippen LogP contribution in [-0.2, 0) is 12.8 Å². The third kappa shape index (κ3) is 7.23. The minimum absolute atomic E-state index is 1.14. The maximum Gasteiger partial charge on any atom is 0.0108 e. The molecule has 1 rings (SSSR count). The highest BCUT2D eigenvalue weighted by Crippen LogP contribution is 2.04. The summed E-state index contributed by atoms with van der Waals surface area (Å²) in [6.45, 7) is 4.36. The van der Waals surface area contributed by atoms with Crippen molar-refractivity contribution in [2.75, 3.05) is 12.8 Å². The molecule has 0 saturated heterocycles. The SMILES string of the molecule is CCc1ccc(CC)cc1.CCl.CCl. The van der Waals surface area contributed by atoms with Crippen molar-refractivity contribution in [3.8, 4) is 0 Å². The summed E-state index contributed by atoms with van der Waals surface area (Å²) in [4.78, 5) is 0. The number of hydrogen-bond donors (Lipinski definition) is 0. The van der Waals surface area contributed by atoms with Gasteiger partial charge in [0.2, 0.25) is 0 Å². The Bertz CT molecular complexity index is 169. The maximum atomic E-state index is 4.64. The Balaban J connectivity index is 0. The lowest BCUT2D eigenvalue weighted by Gasteiger charge is -1.97. The Hall–Kier alpha value is -0.200. The first-order chi connectivity index (χ1) is 6.86. The third-order valence-corrected chi connectivity index (χ3v) is 1.84. The second-order valence-corrected chi connectivity index (χ2v) is 2.52. The van der Waals surface area contributed by atoms with Crippen molar-refractivity contribution >= 4 is 23.2 Å². The lowest BCUT2D eigenvalue weighted by Crippen LogP contribution is -1.81. The molecule has 14 heavy (non-hydrogen) atoms. The van der Waals surface area contributed by atoms with E-state index in [-0.39, 0.29) is 0 Å². The quantitative estimate of drug-likeness (QED) is 0.661. The Labute approximate surface area is 98.2 Å². The van der Waals surface area contributed by atoms with E-state index in [2.05, 4.69) is 61.3 Å². The normalized spacial score (nSPS) is 7.86. The first-order valence-electron chi connectivity index (χ1n) is 4.70. The van der Waals surface area contributed by atoms with Gasteiger partial charge >= 0.3 is 0 Å². The van der Waals surface area contributed by atoms with E-state index >= 15 is 0 Å². The fourth-order valence-corrected chi connectivity index (χ4v) is 1.01. The zero-order valence-corrected chi connectivity index (χ0v) is 11.0. The molecule has 1 aromatic rings. The predicted molar refractivity (Wildman–Crippen MR) is 68.8 cm³/mol. The molecule has 0 aliphatic heterocycles. The van der Waals surface area contributed by atoms with Crippen LogP contribution in [0.25, 0.3) is 0 Å². The van der Waals surface area contributed by atoms with Crippen LogP contribution in [0, 0.1) is 0 Å². The molecule has 0 bridgehead atoms. The second kappa shape index (κ2) is 12.8. The van der Waals surface area contributed by atoms with E-state index in [4.69, 9.17) is 0 Å². The highest BCUT2D eigenvalue weighted by atomic mass is 35.5. The summed E-state index contributed by atoms with van der Waals surface area (Å²) in [5, 5.41) is 0. The van der Waals surface area contributed by atoms with Gasteiger partial charge in [0, 0.05) is 12.8 Å². The van der Waals surface area contributed by atoms with Gasteiger partial charge in [-0.1, -0.05) is 38.1 Å². The van der Waals surface area contributed by atoms with Gasteiger partial charge in [-0.2, -0.15) is 0 Å². The topological polar surface area (TPSA) is 0 Å². The molecule has 0 aromatic heterocycles. The number of rotatable bonds is 2. The molecule has 0 saturated carbocycles. The Morgan fingerprint density at radius 1 is 0.714 bits per heavy atom. The molecule has 0 spiro atoms. The van der Waals surface area contributed by atoms with E-state index in [1.165, 1.54) is 23.9 Å². The lowest BCUT2D eigenvalue weighted by atomic mass is 10.1. The average Bonchev–Trinajstić information content (AvgIpc) is 2.34. The van der Waals surface area contributed by atoms with Gasteiger partial charge in [0.1, 0.15) is 0 Å². The van der Waals surface area contributed by atoms with Crippen molar-refractivity contribution < 1.29 is 0 Å². The van der Waals surface area contributed by atoms with Gasteiger partial charge in [-0.25, -0.2) is 0 Å². The van der Waals surface area contributed by atoms with Crippen molar-refractivity contribution in [2.45, 2.75) is 26.7 Å². The van der Waals surface area contributed by atoms with Crippen molar-refractivity contribution in [1.82, 2.24) is 0 Å². The molecule has 1 aromatic carbocycles. The number of benzene rings is 1. The molecule has 0 aliphatic carbocycles. The summed E-state index contributed by atoms with van der Waals surface area (Å²) in [6, 6.07) is 8.83. The van der Waals surface area contributed by atoms with Crippen LogP contribution < -0.4 is 0 Å². The Morgan fingerprint density at radius 3 is 1.07 bits per heavy atom. The van der Waals surface area contributed by atoms with Crippen LogP contribution in [0.3, 0.4) is 0 Å². The zero-order valence-electron chi connectivity index (χ0n) is 9.48. The van der Waals surface area contributed by atoms with Crippen LogP contribution in [0.5, 0.6) is 0 Å². The summed E-state index contributed by atoms with van der Waals surface area (Å²) < 4.78 is 0. The molecule has 0 aliphatic rings. The minimum Gasteiger partial charge on any atom is -0.130 e. The summed E-state index contributed by atoms with van der Waals surface area (Å²) in [5.41, 5.74) is 2.86. The fraction of sp³-hybridized carbons (Fsp3) is 0.500. The lowest BCUT2D eigenvalue weighted by molar-refractivity contribution is 1.10. The van der Waals surface area contributed by atoms with E-state index in [1.54, 1.807) is 0 Å². The minimum atomic E-state index is 1.14. The van der Waals surface area contributed by atoms with E-state index in [9.17, 15) is 0 Å². The monoisotopic (exact) mass is 234 g/mol. The van der Waals surface area contributed by atoms with Crippen LogP contribution in [0.4, 0.5) is 0 Å². The largest absolute Gasteiger partial charge is 0.130 e. The zero-order chi connectivity index (χ0) is 11.4. The molecule has 0 radical (unpaired) electrons. The molecule has 0 unspecified atom stereocenters. The molecule has 0 amide bonds. The van der Waals surface area contributed by atoms with Crippen molar-refractivity contribution in [1.29, 1.82) is 0 Å². The molecule has 0 heterocycles. The highest BCUT2D eigenvalue weighted by molar-refractivity contribution is 6.15. The van der Waals surface area contributed by atoms with Crippen LogP contribution in [0.15, 0.2) is 24.3 Å². The van der Waals surface area contributed by atoms with Gasteiger partial charge in [0.05, 0.1) is 0 Å². The highest BCUT2D eigenvalue weighted by Gasteiger charge is 1.88. The van der Waals surface area contributed by atoms with Crippen LogP contribution in [-0.4, -0.2) is 12.8 Å². The molecule has 0 atom stereocenters. The van der Waals surface area contributed by atoms with Crippen molar-refractivity contribution in [3.63, 3.8) is 0 Å². The average molecular weight is 235 g/mol. The van der Waals surface area contributed by atoms with E-state index < -0.39 is 0 Å². The first kappa shape index (κ1) is 16.2. The molecular formula is C12H20Cl2. The molecule has 2 heteroatoms. The van der Waals surface area contributed by atoms with E-state index in [1.807, 2.05) is 0 Å². The molecular weight excluding hydrogens is 215 g/mol. The number of aryl methyl sites for hydroxylation is 2. The Morgan fingerprint density at radius 2 is 0.929 bits per heavy atom. The third-order valence-electron chi connectivity index (χ3n) is 1.84.